The minimum absolute atomic E-state index is 0.0356. The minimum atomic E-state index is -0.227. The highest BCUT2D eigenvalue weighted by molar-refractivity contribution is 5.77. The van der Waals surface area contributed by atoms with Crippen LogP contribution in [0.2, 0.25) is 0 Å². The molecule has 0 aliphatic carbocycles. The third kappa shape index (κ3) is 4.91. The normalized spacial score (nSPS) is 11.2. The van der Waals surface area contributed by atoms with Crippen molar-refractivity contribution in [3.63, 3.8) is 0 Å². The summed E-state index contributed by atoms with van der Waals surface area (Å²) in [6, 6.07) is 5.95. The van der Waals surface area contributed by atoms with Gasteiger partial charge in [0, 0.05) is 6.54 Å². The van der Waals surface area contributed by atoms with Crippen LogP contribution in [0.3, 0.4) is 0 Å². The molecule has 19 heavy (non-hydrogen) atoms. The summed E-state index contributed by atoms with van der Waals surface area (Å²) in [4.78, 5) is 11.5. The molecule has 0 aliphatic rings. The summed E-state index contributed by atoms with van der Waals surface area (Å²) < 4.78 is 5.58. The summed E-state index contributed by atoms with van der Waals surface area (Å²) >= 11 is 0. The smallest absolute Gasteiger partial charge is 0.258 e. The Kier molecular flexibility index (Phi) is 5.36. The van der Waals surface area contributed by atoms with Crippen molar-refractivity contribution in [3.8, 4) is 5.75 Å². The largest absolute Gasteiger partial charge is 0.483 e. The van der Waals surface area contributed by atoms with Crippen LogP contribution in [-0.4, -0.2) is 30.8 Å². The van der Waals surface area contributed by atoms with Crippen LogP contribution >= 0.6 is 0 Å². The summed E-state index contributed by atoms with van der Waals surface area (Å²) in [6.45, 7) is 8.52. The van der Waals surface area contributed by atoms with Crippen LogP contribution in [-0.2, 0) is 10.2 Å². The summed E-state index contributed by atoms with van der Waals surface area (Å²) in [5, 5.41) is 11.2. The summed E-state index contributed by atoms with van der Waals surface area (Å²) in [6.07, 6.45) is 0. The first-order valence-corrected chi connectivity index (χ1v) is 6.46. The number of ether oxygens (including phenoxy) is 1. The van der Waals surface area contributed by atoms with E-state index in [4.69, 9.17) is 9.84 Å². The van der Waals surface area contributed by atoms with Crippen LogP contribution in [0.5, 0.6) is 5.75 Å². The minimum Gasteiger partial charge on any atom is -0.483 e. The maximum atomic E-state index is 11.5. The van der Waals surface area contributed by atoms with Crippen molar-refractivity contribution in [1.82, 2.24) is 5.32 Å². The van der Waals surface area contributed by atoms with Gasteiger partial charge in [-0.05, 0) is 24.0 Å². The van der Waals surface area contributed by atoms with Crippen LogP contribution in [0.4, 0.5) is 0 Å². The predicted octanol–water partition coefficient (Wildman–Crippen LogP) is 1.78. The van der Waals surface area contributed by atoms with E-state index in [2.05, 4.69) is 32.2 Å². The fraction of sp³-hybridized carbons (Fsp3) is 0.533. The van der Waals surface area contributed by atoms with Gasteiger partial charge in [0.25, 0.3) is 5.91 Å². The van der Waals surface area contributed by atoms with Gasteiger partial charge in [0.05, 0.1) is 6.61 Å². The predicted molar refractivity (Wildman–Crippen MR) is 75.5 cm³/mol. The molecule has 0 saturated heterocycles. The molecular weight excluding hydrogens is 242 g/mol. The maximum absolute atomic E-state index is 11.5. The summed E-state index contributed by atoms with van der Waals surface area (Å²) in [5.41, 5.74) is 2.22. The van der Waals surface area contributed by atoms with Crippen LogP contribution in [0, 0.1) is 6.92 Å². The van der Waals surface area contributed by atoms with Crippen molar-refractivity contribution in [3.05, 3.63) is 29.3 Å². The summed E-state index contributed by atoms with van der Waals surface area (Å²) in [7, 11) is 0. The topological polar surface area (TPSA) is 58.6 Å². The number of aliphatic hydroxyl groups is 1. The second-order valence-corrected chi connectivity index (χ2v) is 5.61. The van der Waals surface area contributed by atoms with Crippen molar-refractivity contribution in [1.29, 1.82) is 0 Å². The number of benzene rings is 1. The molecule has 0 unspecified atom stereocenters. The standard InChI is InChI=1S/C15H23NO3/c1-11-5-6-13(12(9-11)15(2,3)4)19-10-14(18)16-7-8-17/h5-6,9,17H,7-8,10H2,1-4H3,(H,16,18). The average molecular weight is 265 g/mol. The van der Waals surface area contributed by atoms with E-state index in [9.17, 15) is 4.79 Å². The zero-order valence-electron chi connectivity index (χ0n) is 12.1. The van der Waals surface area contributed by atoms with Crippen molar-refractivity contribution in [2.45, 2.75) is 33.1 Å². The Bertz CT molecular complexity index is 436. The van der Waals surface area contributed by atoms with Crippen molar-refractivity contribution < 1.29 is 14.6 Å². The number of carbonyl (C=O) groups is 1. The molecule has 0 aliphatic heterocycles. The Morgan fingerprint density at radius 1 is 1.37 bits per heavy atom. The molecule has 4 nitrogen and oxygen atoms in total. The zero-order chi connectivity index (χ0) is 14.5. The number of hydrogen-bond acceptors (Lipinski definition) is 3. The summed E-state index contributed by atoms with van der Waals surface area (Å²) in [5.74, 6) is 0.506. The molecule has 1 rings (SSSR count). The average Bonchev–Trinajstić information content (AvgIpc) is 2.33. The van der Waals surface area contributed by atoms with Crippen LogP contribution in [0.1, 0.15) is 31.9 Å². The quantitative estimate of drug-likeness (QED) is 0.853. The highest BCUT2D eigenvalue weighted by Crippen LogP contribution is 2.32. The van der Waals surface area contributed by atoms with Gasteiger partial charge in [-0.1, -0.05) is 38.5 Å². The van der Waals surface area contributed by atoms with Crippen LogP contribution in [0.15, 0.2) is 18.2 Å². The first kappa shape index (κ1) is 15.5. The van der Waals surface area contributed by atoms with Gasteiger partial charge >= 0.3 is 0 Å². The Balaban J connectivity index is 2.76. The molecule has 1 amide bonds. The second kappa shape index (κ2) is 6.57. The molecule has 2 N–H and O–H groups in total. The van der Waals surface area contributed by atoms with Crippen molar-refractivity contribution >= 4 is 5.91 Å². The Labute approximate surface area is 114 Å². The Morgan fingerprint density at radius 3 is 2.63 bits per heavy atom. The molecule has 0 bridgehead atoms. The van der Waals surface area contributed by atoms with Gasteiger partial charge in [0.2, 0.25) is 0 Å². The molecule has 4 heteroatoms. The highest BCUT2D eigenvalue weighted by Gasteiger charge is 2.19. The Morgan fingerprint density at radius 2 is 2.05 bits per heavy atom. The lowest BCUT2D eigenvalue weighted by atomic mass is 9.85. The molecule has 0 saturated carbocycles. The van der Waals surface area contributed by atoms with Gasteiger partial charge < -0.3 is 15.2 Å². The third-order valence-electron chi connectivity index (χ3n) is 2.74. The fourth-order valence-electron chi connectivity index (χ4n) is 1.75. The number of carbonyl (C=O) groups excluding carboxylic acids is 1. The molecule has 0 aromatic heterocycles. The van der Waals surface area contributed by atoms with E-state index < -0.39 is 0 Å². The molecular formula is C15H23NO3. The van der Waals surface area contributed by atoms with Gasteiger partial charge in [-0.15, -0.1) is 0 Å². The fourth-order valence-corrected chi connectivity index (χ4v) is 1.75. The van der Waals surface area contributed by atoms with E-state index in [0.717, 1.165) is 11.3 Å². The van der Waals surface area contributed by atoms with E-state index in [0.29, 0.717) is 0 Å². The van der Waals surface area contributed by atoms with Crippen LogP contribution in [0.25, 0.3) is 0 Å². The van der Waals surface area contributed by atoms with E-state index in [1.807, 2.05) is 19.1 Å². The lowest BCUT2D eigenvalue weighted by Gasteiger charge is -2.23. The SMILES string of the molecule is Cc1ccc(OCC(=O)NCCO)c(C(C)(C)C)c1. The third-order valence-corrected chi connectivity index (χ3v) is 2.74. The number of nitrogens with one attached hydrogen (secondary N) is 1. The lowest BCUT2D eigenvalue weighted by molar-refractivity contribution is -0.123. The van der Waals surface area contributed by atoms with Gasteiger partial charge in [0.15, 0.2) is 6.61 Å². The Hall–Kier alpha value is -1.55. The molecule has 0 atom stereocenters. The molecule has 0 spiro atoms. The van der Waals surface area contributed by atoms with Crippen LogP contribution < -0.4 is 10.1 Å². The van der Waals surface area contributed by atoms with Gasteiger partial charge in [-0.2, -0.15) is 0 Å². The monoisotopic (exact) mass is 265 g/mol. The maximum Gasteiger partial charge on any atom is 0.258 e. The number of aryl methyl sites for hydroxylation is 1. The van der Waals surface area contributed by atoms with Gasteiger partial charge in [-0.25, -0.2) is 0 Å². The van der Waals surface area contributed by atoms with Crippen molar-refractivity contribution in [2.75, 3.05) is 19.8 Å². The van der Waals surface area contributed by atoms with Crippen molar-refractivity contribution in [2.24, 2.45) is 0 Å². The highest BCUT2D eigenvalue weighted by atomic mass is 16.5. The number of amides is 1. The molecule has 0 fully saturated rings. The number of rotatable bonds is 5. The second-order valence-electron chi connectivity index (χ2n) is 5.61. The van der Waals surface area contributed by atoms with Gasteiger partial charge in [-0.3, -0.25) is 4.79 Å². The lowest BCUT2D eigenvalue weighted by Crippen LogP contribution is -2.31. The zero-order valence-corrected chi connectivity index (χ0v) is 12.1. The van der Waals surface area contributed by atoms with E-state index >= 15 is 0 Å². The number of aliphatic hydroxyl groups excluding tert-OH is 1. The molecule has 1 aromatic carbocycles. The first-order valence-electron chi connectivity index (χ1n) is 6.46. The molecule has 0 radical (unpaired) electrons. The van der Waals surface area contributed by atoms with E-state index in [-0.39, 0.29) is 31.1 Å². The first-order chi connectivity index (χ1) is 8.84. The van der Waals surface area contributed by atoms with Gasteiger partial charge in [0.1, 0.15) is 5.75 Å². The molecule has 106 valence electrons. The number of hydrogen-bond donors (Lipinski definition) is 2. The molecule has 0 heterocycles. The molecule has 1 aromatic rings. The van der Waals surface area contributed by atoms with E-state index in [1.54, 1.807) is 0 Å². The van der Waals surface area contributed by atoms with E-state index in [1.165, 1.54) is 5.56 Å².